The van der Waals surface area contributed by atoms with Gasteiger partial charge in [0.2, 0.25) is 0 Å². The number of ether oxygens (including phenoxy) is 2. The van der Waals surface area contributed by atoms with Crippen LogP contribution >= 0.6 is 15.9 Å². The van der Waals surface area contributed by atoms with E-state index in [1.165, 1.54) is 14.2 Å². The van der Waals surface area contributed by atoms with Crippen molar-refractivity contribution in [2.75, 3.05) is 14.2 Å². The smallest absolute Gasteiger partial charge is 0.358 e. The number of halogens is 1. The molecule has 18 heavy (non-hydrogen) atoms. The molecular formula is C12H12BrNO4. The molecule has 0 spiro atoms. The number of rotatable bonds is 3. The predicted octanol–water partition coefficient (Wildman–Crippen LogP) is 2.57. The van der Waals surface area contributed by atoms with Gasteiger partial charge in [0.05, 0.1) is 19.2 Å². The molecule has 1 N–H and O–H groups in total. The van der Waals surface area contributed by atoms with E-state index in [4.69, 9.17) is 4.74 Å². The number of esters is 1. The highest BCUT2D eigenvalue weighted by Crippen LogP contribution is 2.32. The molecule has 1 aromatic carbocycles. The molecule has 0 bridgehead atoms. The number of hydrogen-bond acceptors (Lipinski definition) is 4. The number of fused-ring (bicyclic) bond motifs is 1. The summed E-state index contributed by atoms with van der Waals surface area (Å²) in [5, 5.41) is 10.8. The molecule has 0 aliphatic heterocycles. The third-order valence-corrected chi connectivity index (χ3v) is 3.35. The van der Waals surface area contributed by atoms with Crippen molar-refractivity contribution in [1.82, 2.24) is 4.73 Å². The van der Waals surface area contributed by atoms with Gasteiger partial charge in [-0.2, -0.15) is 4.73 Å². The average Bonchev–Trinajstić information content (AvgIpc) is 2.64. The summed E-state index contributed by atoms with van der Waals surface area (Å²) in [4.78, 5) is 11.7. The number of methoxy groups -OCH3 is 2. The molecule has 2 aromatic rings. The molecule has 1 aromatic heterocycles. The summed E-state index contributed by atoms with van der Waals surface area (Å²) in [5.74, 6) is -0.604. The van der Waals surface area contributed by atoms with Crippen LogP contribution in [0.4, 0.5) is 0 Å². The van der Waals surface area contributed by atoms with E-state index < -0.39 is 5.97 Å². The SMILES string of the molecule is COCc1c(C(=O)OC)n(O)c2cccc(Br)c12. The lowest BCUT2D eigenvalue weighted by molar-refractivity contribution is 0.0546. The zero-order valence-electron chi connectivity index (χ0n) is 9.94. The third-order valence-electron chi connectivity index (χ3n) is 2.69. The number of benzene rings is 1. The molecule has 0 aliphatic rings. The van der Waals surface area contributed by atoms with Crippen LogP contribution in [0.1, 0.15) is 16.1 Å². The molecular weight excluding hydrogens is 302 g/mol. The highest BCUT2D eigenvalue weighted by molar-refractivity contribution is 9.10. The van der Waals surface area contributed by atoms with Crippen molar-refractivity contribution >= 4 is 32.8 Å². The Hall–Kier alpha value is -1.53. The van der Waals surface area contributed by atoms with E-state index in [1.807, 2.05) is 6.07 Å². The second-order valence-electron chi connectivity index (χ2n) is 3.70. The van der Waals surface area contributed by atoms with Crippen LogP contribution < -0.4 is 0 Å². The fourth-order valence-electron chi connectivity index (χ4n) is 1.95. The van der Waals surface area contributed by atoms with Crippen LogP contribution in [-0.4, -0.2) is 30.1 Å². The summed E-state index contributed by atoms with van der Waals surface area (Å²) >= 11 is 3.40. The Labute approximate surface area is 112 Å². The molecule has 0 saturated heterocycles. The first-order valence-electron chi connectivity index (χ1n) is 5.20. The van der Waals surface area contributed by atoms with Gasteiger partial charge < -0.3 is 14.7 Å². The molecule has 5 nitrogen and oxygen atoms in total. The van der Waals surface area contributed by atoms with Gasteiger partial charge in [0.15, 0.2) is 5.69 Å². The molecule has 1 heterocycles. The first-order chi connectivity index (χ1) is 8.61. The fraction of sp³-hybridized carbons (Fsp3) is 0.250. The van der Waals surface area contributed by atoms with Gasteiger partial charge in [-0.05, 0) is 12.1 Å². The first-order valence-corrected chi connectivity index (χ1v) is 5.99. The van der Waals surface area contributed by atoms with Gasteiger partial charge in [-0.15, -0.1) is 0 Å². The van der Waals surface area contributed by atoms with Crippen molar-refractivity contribution in [3.05, 3.63) is 33.9 Å². The van der Waals surface area contributed by atoms with Gasteiger partial charge in [-0.3, -0.25) is 0 Å². The molecule has 2 rings (SSSR count). The van der Waals surface area contributed by atoms with Crippen LogP contribution in [0.2, 0.25) is 0 Å². The number of carbonyl (C=O) groups is 1. The third kappa shape index (κ3) is 1.87. The van der Waals surface area contributed by atoms with Gasteiger partial charge in [-0.25, -0.2) is 4.79 Å². The van der Waals surface area contributed by atoms with Crippen molar-refractivity contribution in [3.63, 3.8) is 0 Å². The Morgan fingerprint density at radius 3 is 2.78 bits per heavy atom. The Morgan fingerprint density at radius 2 is 2.17 bits per heavy atom. The van der Waals surface area contributed by atoms with E-state index in [0.717, 1.165) is 14.6 Å². The second kappa shape index (κ2) is 4.99. The number of nitrogens with zero attached hydrogens (tertiary/aromatic N) is 1. The number of hydrogen-bond donors (Lipinski definition) is 1. The van der Waals surface area contributed by atoms with E-state index in [2.05, 4.69) is 20.7 Å². The average molecular weight is 314 g/mol. The lowest BCUT2D eigenvalue weighted by Crippen LogP contribution is -2.11. The molecule has 96 valence electrons. The van der Waals surface area contributed by atoms with Crippen LogP contribution in [0.15, 0.2) is 22.7 Å². The van der Waals surface area contributed by atoms with E-state index in [1.54, 1.807) is 12.1 Å². The minimum atomic E-state index is -0.604. The normalized spacial score (nSPS) is 10.8. The number of aromatic nitrogens is 1. The van der Waals surface area contributed by atoms with Crippen molar-refractivity contribution in [3.8, 4) is 0 Å². The van der Waals surface area contributed by atoms with Crippen molar-refractivity contribution in [2.24, 2.45) is 0 Å². The summed E-state index contributed by atoms with van der Waals surface area (Å²) in [6.07, 6.45) is 0. The Bertz CT molecular complexity index is 606. The Balaban J connectivity index is 2.83. The quantitative estimate of drug-likeness (QED) is 0.699. The minimum absolute atomic E-state index is 0.0845. The van der Waals surface area contributed by atoms with E-state index >= 15 is 0 Å². The summed E-state index contributed by atoms with van der Waals surface area (Å²) in [5.41, 5.74) is 1.20. The lowest BCUT2D eigenvalue weighted by Gasteiger charge is -2.03. The summed E-state index contributed by atoms with van der Waals surface area (Å²) in [6, 6.07) is 5.32. The number of carbonyl (C=O) groups excluding carboxylic acids is 1. The maximum atomic E-state index is 11.7. The fourth-order valence-corrected chi connectivity index (χ4v) is 2.54. The molecule has 0 saturated carbocycles. The Kier molecular flexibility index (Phi) is 3.58. The highest BCUT2D eigenvalue weighted by Gasteiger charge is 2.24. The van der Waals surface area contributed by atoms with Crippen LogP contribution in [0.3, 0.4) is 0 Å². The standard InChI is InChI=1S/C12H12BrNO4/c1-17-6-7-10-8(13)4-3-5-9(10)14(16)11(7)12(15)18-2/h3-5,16H,6H2,1-2H3. The highest BCUT2D eigenvalue weighted by atomic mass is 79.9. The molecule has 0 aliphatic carbocycles. The van der Waals surface area contributed by atoms with Gasteiger partial charge in [0, 0.05) is 22.5 Å². The van der Waals surface area contributed by atoms with E-state index in [-0.39, 0.29) is 12.3 Å². The van der Waals surface area contributed by atoms with Gasteiger partial charge in [-0.1, -0.05) is 22.0 Å². The maximum absolute atomic E-state index is 11.7. The molecule has 0 unspecified atom stereocenters. The van der Waals surface area contributed by atoms with E-state index in [9.17, 15) is 10.0 Å². The first kappa shape index (κ1) is 12.9. The summed E-state index contributed by atoms with van der Waals surface area (Å²) in [6.45, 7) is 0.205. The van der Waals surface area contributed by atoms with Crippen molar-refractivity contribution < 1.29 is 19.5 Å². The molecule has 0 atom stereocenters. The molecule has 0 fully saturated rings. The van der Waals surface area contributed by atoms with Gasteiger partial charge in [0.25, 0.3) is 0 Å². The van der Waals surface area contributed by atoms with E-state index in [0.29, 0.717) is 11.1 Å². The van der Waals surface area contributed by atoms with Gasteiger partial charge >= 0.3 is 5.97 Å². The largest absolute Gasteiger partial charge is 0.464 e. The molecule has 0 radical (unpaired) electrons. The summed E-state index contributed by atoms with van der Waals surface area (Å²) < 4.78 is 11.4. The van der Waals surface area contributed by atoms with Crippen LogP contribution in [0.5, 0.6) is 0 Å². The zero-order valence-corrected chi connectivity index (χ0v) is 11.5. The molecule has 6 heteroatoms. The zero-order chi connectivity index (χ0) is 13.3. The van der Waals surface area contributed by atoms with Crippen molar-refractivity contribution in [1.29, 1.82) is 0 Å². The monoisotopic (exact) mass is 313 g/mol. The summed E-state index contributed by atoms with van der Waals surface area (Å²) in [7, 11) is 2.80. The van der Waals surface area contributed by atoms with Crippen LogP contribution in [0.25, 0.3) is 10.9 Å². The maximum Gasteiger partial charge on any atom is 0.358 e. The van der Waals surface area contributed by atoms with Crippen LogP contribution in [-0.2, 0) is 16.1 Å². The Morgan fingerprint density at radius 1 is 1.44 bits per heavy atom. The minimum Gasteiger partial charge on any atom is -0.464 e. The second-order valence-corrected chi connectivity index (χ2v) is 4.55. The van der Waals surface area contributed by atoms with Crippen molar-refractivity contribution in [2.45, 2.75) is 6.61 Å². The predicted molar refractivity (Wildman–Crippen MR) is 68.9 cm³/mol. The van der Waals surface area contributed by atoms with Crippen LogP contribution in [0, 0.1) is 0 Å². The topological polar surface area (TPSA) is 60.7 Å². The lowest BCUT2D eigenvalue weighted by atomic mass is 10.1. The van der Waals surface area contributed by atoms with Gasteiger partial charge in [0.1, 0.15) is 0 Å². The molecule has 0 amide bonds.